The first-order valence-electron chi connectivity index (χ1n) is 13.1. The molecular formula is C29H40F2O4. The van der Waals surface area contributed by atoms with E-state index in [-0.39, 0.29) is 11.3 Å². The molecule has 0 saturated heterocycles. The first kappa shape index (κ1) is 28.6. The highest BCUT2D eigenvalue weighted by Gasteiger charge is 2.19. The van der Waals surface area contributed by atoms with E-state index in [4.69, 9.17) is 14.2 Å². The van der Waals surface area contributed by atoms with Crippen LogP contribution in [0.4, 0.5) is 8.78 Å². The number of esters is 1. The number of benzene rings is 2. The van der Waals surface area contributed by atoms with E-state index in [1.54, 1.807) is 24.3 Å². The molecule has 0 N–H and O–H groups in total. The number of unbranched alkanes of at least 4 members (excludes halogenated alkanes) is 10. The van der Waals surface area contributed by atoms with E-state index < -0.39 is 23.4 Å². The molecular weight excluding hydrogens is 450 g/mol. The molecule has 0 aliphatic rings. The molecule has 0 spiro atoms. The lowest BCUT2D eigenvalue weighted by Crippen LogP contribution is -2.10. The zero-order valence-electron chi connectivity index (χ0n) is 21.3. The van der Waals surface area contributed by atoms with Gasteiger partial charge in [0, 0.05) is 0 Å². The molecule has 0 aliphatic heterocycles. The van der Waals surface area contributed by atoms with Gasteiger partial charge in [0.1, 0.15) is 5.75 Å². The lowest BCUT2D eigenvalue weighted by Gasteiger charge is -2.11. The molecule has 0 bridgehead atoms. The van der Waals surface area contributed by atoms with Gasteiger partial charge in [-0.15, -0.1) is 0 Å². The number of hydrogen-bond donors (Lipinski definition) is 0. The van der Waals surface area contributed by atoms with Gasteiger partial charge in [0.15, 0.2) is 11.5 Å². The minimum absolute atomic E-state index is 0.178. The van der Waals surface area contributed by atoms with E-state index in [2.05, 4.69) is 13.8 Å². The van der Waals surface area contributed by atoms with Gasteiger partial charge in [-0.25, -0.2) is 4.79 Å². The first-order valence-corrected chi connectivity index (χ1v) is 13.1. The summed E-state index contributed by atoms with van der Waals surface area (Å²) in [5, 5.41) is 0. The maximum absolute atomic E-state index is 14.4. The highest BCUT2D eigenvalue weighted by molar-refractivity contribution is 5.91. The van der Waals surface area contributed by atoms with Crippen molar-refractivity contribution in [2.24, 2.45) is 0 Å². The average Bonchev–Trinajstić information content (AvgIpc) is 2.87. The molecule has 0 unspecified atom stereocenters. The van der Waals surface area contributed by atoms with Crippen LogP contribution in [0, 0.1) is 11.6 Å². The highest BCUT2D eigenvalue weighted by Crippen LogP contribution is 2.28. The van der Waals surface area contributed by atoms with Gasteiger partial charge in [-0.2, -0.15) is 8.78 Å². The molecule has 0 heterocycles. The molecule has 0 fully saturated rings. The Labute approximate surface area is 209 Å². The number of halogens is 2. The summed E-state index contributed by atoms with van der Waals surface area (Å²) in [6, 6.07) is 8.94. The Kier molecular flexibility index (Phi) is 13.8. The second kappa shape index (κ2) is 16.9. The summed E-state index contributed by atoms with van der Waals surface area (Å²) in [6.07, 6.45) is 13.5. The van der Waals surface area contributed by atoms with Gasteiger partial charge >= 0.3 is 5.97 Å². The van der Waals surface area contributed by atoms with E-state index in [1.165, 1.54) is 57.1 Å². The molecule has 0 amide bonds. The summed E-state index contributed by atoms with van der Waals surface area (Å²) in [5.41, 5.74) is 0.222. The number of ether oxygens (including phenoxy) is 3. The summed E-state index contributed by atoms with van der Waals surface area (Å²) in [6.45, 7) is 5.29. The van der Waals surface area contributed by atoms with Gasteiger partial charge in [0.2, 0.25) is 11.6 Å². The maximum atomic E-state index is 14.4. The second-order valence-corrected chi connectivity index (χ2v) is 8.84. The first-order chi connectivity index (χ1) is 17.1. The third-order valence-corrected chi connectivity index (χ3v) is 5.83. The van der Waals surface area contributed by atoms with Crippen molar-refractivity contribution >= 4 is 5.97 Å². The Morgan fingerprint density at radius 1 is 0.629 bits per heavy atom. The van der Waals surface area contributed by atoms with Gasteiger partial charge in [0.25, 0.3) is 0 Å². The number of hydrogen-bond acceptors (Lipinski definition) is 4. The van der Waals surface area contributed by atoms with E-state index in [0.29, 0.717) is 19.0 Å². The van der Waals surface area contributed by atoms with E-state index in [9.17, 15) is 13.6 Å². The molecule has 0 aromatic heterocycles. The fourth-order valence-corrected chi connectivity index (χ4v) is 3.69. The highest BCUT2D eigenvalue weighted by atomic mass is 19.2. The standard InChI is InChI=1S/C29H40F2O4/c1-3-5-7-9-11-13-21-33-24-17-15-23(16-18-24)29(32)35-26-20-19-25(27(30)28(26)31)34-22-14-12-10-8-6-4-2/h15-20H,3-14,21-22H2,1-2H3. The van der Waals surface area contributed by atoms with Crippen molar-refractivity contribution in [2.45, 2.75) is 90.9 Å². The molecule has 6 heteroatoms. The SMILES string of the molecule is CCCCCCCCOc1ccc(C(=O)Oc2ccc(OCCCCCCCC)c(F)c2F)cc1. The van der Waals surface area contributed by atoms with Crippen molar-refractivity contribution in [3.63, 3.8) is 0 Å². The van der Waals surface area contributed by atoms with Crippen LogP contribution in [0.5, 0.6) is 17.2 Å². The van der Waals surface area contributed by atoms with Gasteiger partial charge in [-0.05, 0) is 49.2 Å². The van der Waals surface area contributed by atoms with Crippen molar-refractivity contribution in [1.82, 2.24) is 0 Å². The molecule has 0 saturated carbocycles. The molecule has 2 aromatic carbocycles. The monoisotopic (exact) mass is 490 g/mol. The van der Waals surface area contributed by atoms with Gasteiger partial charge in [-0.1, -0.05) is 78.1 Å². The smallest absolute Gasteiger partial charge is 0.343 e. The molecule has 4 nitrogen and oxygen atoms in total. The van der Waals surface area contributed by atoms with Gasteiger partial charge < -0.3 is 14.2 Å². The lowest BCUT2D eigenvalue weighted by molar-refractivity contribution is 0.0726. The molecule has 35 heavy (non-hydrogen) atoms. The van der Waals surface area contributed by atoms with E-state index in [1.807, 2.05) is 0 Å². The Hall–Kier alpha value is -2.63. The Morgan fingerprint density at radius 3 is 1.71 bits per heavy atom. The van der Waals surface area contributed by atoms with Crippen LogP contribution >= 0.6 is 0 Å². The number of carbonyl (C=O) groups is 1. The zero-order valence-corrected chi connectivity index (χ0v) is 21.3. The van der Waals surface area contributed by atoms with Crippen molar-refractivity contribution in [1.29, 1.82) is 0 Å². The van der Waals surface area contributed by atoms with Crippen molar-refractivity contribution < 1.29 is 27.8 Å². The third kappa shape index (κ3) is 10.7. The molecule has 0 radical (unpaired) electrons. The van der Waals surface area contributed by atoms with E-state index in [0.717, 1.165) is 32.1 Å². The van der Waals surface area contributed by atoms with Crippen molar-refractivity contribution in [2.75, 3.05) is 13.2 Å². The van der Waals surface area contributed by atoms with E-state index >= 15 is 0 Å². The fourth-order valence-electron chi connectivity index (χ4n) is 3.69. The van der Waals surface area contributed by atoms with Crippen LogP contribution in [0.2, 0.25) is 0 Å². The molecule has 2 aromatic rings. The molecule has 0 atom stereocenters. The fraction of sp³-hybridized carbons (Fsp3) is 0.552. The predicted octanol–water partition coefficient (Wildman–Crippen LogP) is 8.66. The van der Waals surface area contributed by atoms with Gasteiger partial charge in [0.05, 0.1) is 18.8 Å². The maximum Gasteiger partial charge on any atom is 0.343 e. The summed E-state index contributed by atoms with van der Waals surface area (Å²) in [7, 11) is 0. The third-order valence-electron chi connectivity index (χ3n) is 5.83. The Balaban J connectivity index is 1.78. The Morgan fingerprint density at radius 2 is 1.11 bits per heavy atom. The molecule has 0 aliphatic carbocycles. The zero-order chi connectivity index (χ0) is 25.3. The number of carbonyl (C=O) groups excluding carboxylic acids is 1. The summed E-state index contributed by atoms with van der Waals surface area (Å²) < 4.78 is 45.0. The van der Waals surface area contributed by atoms with Crippen LogP contribution in [0.3, 0.4) is 0 Å². The number of rotatable bonds is 18. The average molecular weight is 491 g/mol. The second-order valence-electron chi connectivity index (χ2n) is 8.84. The van der Waals surface area contributed by atoms with Crippen LogP contribution in [-0.2, 0) is 0 Å². The quantitative estimate of drug-likeness (QED) is 0.119. The lowest BCUT2D eigenvalue weighted by atomic mass is 10.1. The van der Waals surface area contributed by atoms with Crippen molar-refractivity contribution in [3.8, 4) is 17.2 Å². The van der Waals surface area contributed by atoms with Crippen molar-refractivity contribution in [3.05, 3.63) is 53.6 Å². The molecule has 194 valence electrons. The Bertz CT molecular complexity index is 868. The summed E-state index contributed by atoms with van der Waals surface area (Å²) in [4.78, 5) is 12.4. The minimum atomic E-state index is -1.24. The topological polar surface area (TPSA) is 44.8 Å². The predicted molar refractivity (Wildman–Crippen MR) is 136 cm³/mol. The normalized spacial score (nSPS) is 10.9. The van der Waals surface area contributed by atoms with Gasteiger partial charge in [-0.3, -0.25) is 0 Å². The largest absolute Gasteiger partial charge is 0.494 e. The minimum Gasteiger partial charge on any atom is -0.494 e. The summed E-state index contributed by atoms with van der Waals surface area (Å²) in [5.74, 6) is -3.16. The summed E-state index contributed by atoms with van der Waals surface area (Å²) >= 11 is 0. The molecule has 2 rings (SSSR count). The van der Waals surface area contributed by atoms with Crippen LogP contribution in [0.1, 0.15) is 101 Å². The van der Waals surface area contributed by atoms with Crippen LogP contribution in [0.15, 0.2) is 36.4 Å². The van der Waals surface area contributed by atoms with Crippen LogP contribution in [-0.4, -0.2) is 19.2 Å². The van der Waals surface area contributed by atoms with Crippen LogP contribution < -0.4 is 14.2 Å². The van der Waals surface area contributed by atoms with Crippen LogP contribution in [0.25, 0.3) is 0 Å².